The Morgan fingerprint density at radius 1 is 1.04 bits per heavy atom. The van der Waals surface area contributed by atoms with Crippen LogP contribution in [0.15, 0.2) is 23.2 Å². The average Bonchev–Trinajstić information content (AvgIpc) is 3.14. The first-order chi connectivity index (χ1) is 12.8. The highest BCUT2D eigenvalue weighted by molar-refractivity contribution is 5.79. The number of fused-ring (bicyclic) bond motifs is 1. The maximum absolute atomic E-state index is 5.43. The number of benzene rings is 1. The Morgan fingerprint density at radius 2 is 1.81 bits per heavy atom. The van der Waals surface area contributed by atoms with Crippen LogP contribution in [0.1, 0.15) is 19.4 Å². The van der Waals surface area contributed by atoms with Crippen molar-refractivity contribution in [2.24, 2.45) is 4.99 Å². The van der Waals surface area contributed by atoms with Crippen LogP contribution in [0.25, 0.3) is 0 Å². The van der Waals surface area contributed by atoms with Gasteiger partial charge in [-0.05, 0) is 31.2 Å². The summed E-state index contributed by atoms with van der Waals surface area (Å²) in [5, 5.41) is 6.76. The third kappa shape index (κ3) is 5.25. The molecular weight excluding hydrogens is 330 g/mol. The second-order valence-corrected chi connectivity index (χ2v) is 6.59. The molecule has 0 saturated carbocycles. The average molecular weight is 361 g/mol. The van der Waals surface area contributed by atoms with Gasteiger partial charge in [0.2, 0.25) is 6.79 Å². The summed E-state index contributed by atoms with van der Waals surface area (Å²) in [6.07, 6.45) is 0. The molecule has 1 fully saturated rings. The molecule has 2 heterocycles. The van der Waals surface area contributed by atoms with Crippen LogP contribution in [0, 0.1) is 0 Å². The molecule has 2 aliphatic heterocycles. The van der Waals surface area contributed by atoms with E-state index in [0.29, 0.717) is 13.3 Å². The van der Waals surface area contributed by atoms with Crippen LogP contribution < -0.4 is 20.1 Å². The predicted molar refractivity (Wildman–Crippen MR) is 104 cm³/mol. The minimum absolute atomic E-state index is 0.304. The van der Waals surface area contributed by atoms with Crippen molar-refractivity contribution in [3.8, 4) is 11.5 Å². The van der Waals surface area contributed by atoms with Gasteiger partial charge < -0.3 is 25.0 Å². The van der Waals surface area contributed by atoms with E-state index in [2.05, 4.69) is 39.3 Å². The lowest BCUT2D eigenvalue weighted by molar-refractivity contribution is 0.139. The Labute approximate surface area is 156 Å². The summed E-state index contributed by atoms with van der Waals surface area (Å²) in [7, 11) is 0. The Balaban J connectivity index is 1.45. The highest BCUT2D eigenvalue weighted by atomic mass is 16.7. The van der Waals surface area contributed by atoms with E-state index in [1.165, 1.54) is 13.1 Å². The largest absolute Gasteiger partial charge is 0.454 e. The Hall–Kier alpha value is -1.99. The van der Waals surface area contributed by atoms with E-state index >= 15 is 0 Å². The number of piperazine rings is 1. The van der Waals surface area contributed by atoms with Crippen molar-refractivity contribution in [2.45, 2.75) is 20.4 Å². The second-order valence-electron chi connectivity index (χ2n) is 6.59. The van der Waals surface area contributed by atoms with Crippen molar-refractivity contribution in [3.05, 3.63) is 23.8 Å². The SMILES string of the molecule is CCNC(=NCc1ccc2c(c1)OCO2)NCCN1CCN(CC)CC1. The predicted octanol–water partition coefficient (Wildman–Crippen LogP) is 1.11. The molecule has 1 aromatic carbocycles. The van der Waals surface area contributed by atoms with Gasteiger partial charge in [0.15, 0.2) is 17.5 Å². The number of ether oxygens (including phenoxy) is 2. The van der Waals surface area contributed by atoms with Crippen molar-refractivity contribution >= 4 is 5.96 Å². The number of likely N-dealkylation sites (N-methyl/N-ethyl adjacent to an activating group) is 1. The Kier molecular flexibility index (Phi) is 6.96. The lowest BCUT2D eigenvalue weighted by atomic mass is 10.2. The number of aliphatic imine (C=N–C) groups is 1. The molecule has 0 radical (unpaired) electrons. The second kappa shape index (κ2) is 9.64. The number of hydrogen-bond acceptors (Lipinski definition) is 5. The molecule has 1 saturated heterocycles. The third-order valence-corrected chi connectivity index (χ3v) is 4.83. The summed E-state index contributed by atoms with van der Waals surface area (Å²) < 4.78 is 10.8. The van der Waals surface area contributed by atoms with Crippen molar-refractivity contribution < 1.29 is 9.47 Å². The lowest BCUT2D eigenvalue weighted by Gasteiger charge is -2.34. The standard InChI is InChI=1S/C19H31N5O2/c1-3-20-19(21-7-8-24-11-9-23(4-2)10-12-24)22-14-16-5-6-17-18(13-16)26-15-25-17/h5-6,13H,3-4,7-12,14-15H2,1-2H3,(H2,20,21,22). The molecule has 0 spiro atoms. The van der Waals surface area contributed by atoms with Crippen molar-refractivity contribution in [1.29, 1.82) is 0 Å². The monoisotopic (exact) mass is 361 g/mol. The van der Waals surface area contributed by atoms with Gasteiger partial charge in [-0.25, -0.2) is 4.99 Å². The fourth-order valence-corrected chi connectivity index (χ4v) is 3.21. The van der Waals surface area contributed by atoms with E-state index < -0.39 is 0 Å². The van der Waals surface area contributed by atoms with E-state index in [1.54, 1.807) is 0 Å². The van der Waals surface area contributed by atoms with Crippen LogP contribution in [-0.4, -0.2) is 74.9 Å². The van der Waals surface area contributed by atoms with Crippen molar-refractivity contribution in [1.82, 2.24) is 20.4 Å². The normalized spacial score (nSPS) is 18.2. The highest BCUT2D eigenvalue weighted by Crippen LogP contribution is 2.32. The van der Waals surface area contributed by atoms with Crippen LogP contribution in [-0.2, 0) is 6.54 Å². The molecule has 26 heavy (non-hydrogen) atoms. The van der Waals surface area contributed by atoms with Gasteiger partial charge in [-0.1, -0.05) is 13.0 Å². The smallest absolute Gasteiger partial charge is 0.231 e. The summed E-state index contributed by atoms with van der Waals surface area (Å²) >= 11 is 0. The first-order valence-corrected chi connectivity index (χ1v) is 9.64. The van der Waals surface area contributed by atoms with Gasteiger partial charge in [-0.3, -0.25) is 4.90 Å². The summed E-state index contributed by atoms with van der Waals surface area (Å²) in [4.78, 5) is 9.70. The number of nitrogens with zero attached hydrogens (tertiary/aromatic N) is 3. The minimum Gasteiger partial charge on any atom is -0.454 e. The third-order valence-electron chi connectivity index (χ3n) is 4.83. The highest BCUT2D eigenvalue weighted by Gasteiger charge is 2.15. The van der Waals surface area contributed by atoms with Crippen LogP contribution in [0.2, 0.25) is 0 Å². The quantitative estimate of drug-likeness (QED) is 0.560. The van der Waals surface area contributed by atoms with Gasteiger partial charge >= 0.3 is 0 Å². The molecule has 2 N–H and O–H groups in total. The van der Waals surface area contributed by atoms with Crippen LogP contribution in [0.4, 0.5) is 0 Å². The summed E-state index contributed by atoms with van der Waals surface area (Å²) in [6.45, 7) is 13.8. The zero-order valence-corrected chi connectivity index (χ0v) is 16.0. The van der Waals surface area contributed by atoms with E-state index in [4.69, 9.17) is 9.47 Å². The van der Waals surface area contributed by atoms with Gasteiger partial charge in [-0.2, -0.15) is 0 Å². The molecule has 0 amide bonds. The van der Waals surface area contributed by atoms with E-state index in [1.807, 2.05) is 18.2 Å². The number of rotatable bonds is 7. The topological polar surface area (TPSA) is 61.4 Å². The first-order valence-electron chi connectivity index (χ1n) is 9.64. The minimum atomic E-state index is 0.304. The molecule has 0 bridgehead atoms. The van der Waals surface area contributed by atoms with Crippen LogP contribution >= 0.6 is 0 Å². The first kappa shape index (κ1) is 18.8. The molecule has 0 unspecified atom stereocenters. The summed E-state index contributed by atoms with van der Waals surface area (Å²) in [6, 6.07) is 5.99. The van der Waals surface area contributed by atoms with E-state index in [-0.39, 0.29) is 0 Å². The zero-order chi connectivity index (χ0) is 18.2. The molecule has 0 atom stereocenters. The Morgan fingerprint density at radius 3 is 2.58 bits per heavy atom. The molecule has 1 aromatic rings. The summed E-state index contributed by atoms with van der Waals surface area (Å²) in [5.74, 6) is 2.48. The van der Waals surface area contributed by atoms with Gasteiger partial charge in [-0.15, -0.1) is 0 Å². The summed E-state index contributed by atoms with van der Waals surface area (Å²) in [5.41, 5.74) is 1.11. The molecule has 0 aromatic heterocycles. The maximum Gasteiger partial charge on any atom is 0.231 e. The van der Waals surface area contributed by atoms with Crippen LogP contribution in [0.3, 0.4) is 0 Å². The molecule has 3 rings (SSSR count). The van der Waals surface area contributed by atoms with Gasteiger partial charge in [0.1, 0.15) is 0 Å². The van der Waals surface area contributed by atoms with E-state index in [9.17, 15) is 0 Å². The van der Waals surface area contributed by atoms with Crippen LogP contribution in [0.5, 0.6) is 11.5 Å². The number of nitrogens with one attached hydrogen (secondary N) is 2. The number of guanidine groups is 1. The zero-order valence-electron chi connectivity index (χ0n) is 16.0. The van der Waals surface area contributed by atoms with E-state index in [0.717, 1.165) is 62.3 Å². The molecule has 7 heteroatoms. The van der Waals surface area contributed by atoms with Gasteiger partial charge in [0.05, 0.1) is 6.54 Å². The molecular formula is C19H31N5O2. The molecule has 144 valence electrons. The van der Waals surface area contributed by atoms with Crippen molar-refractivity contribution in [2.75, 3.05) is 59.2 Å². The molecule has 2 aliphatic rings. The lowest BCUT2D eigenvalue weighted by Crippen LogP contribution is -2.49. The maximum atomic E-state index is 5.43. The molecule has 0 aliphatic carbocycles. The van der Waals surface area contributed by atoms with Gasteiger partial charge in [0, 0.05) is 45.8 Å². The molecule has 7 nitrogen and oxygen atoms in total. The number of hydrogen-bond donors (Lipinski definition) is 2. The van der Waals surface area contributed by atoms with Gasteiger partial charge in [0.25, 0.3) is 0 Å². The fraction of sp³-hybridized carbons (Fsp3) is 0.632. The Bertz CT molecular complexity index is 600. The fourth-order valence-electron chi connectivity index (χ4n) is 3.21. The van der Waals surface area contributed by atoms with Crippen molar-refractivity contribution in [3.63, 3.8) is 0 Å².